The molecule has 0 aromatic rings. The van der Waals surface area contributed by atoms with Crippen molar-refractivity contribution in [2.45, 2.75) is 39.7 Å². The molecule has 0 aliphatic carbocycles. The number of allylic oxidation sites excluding steroid dienone is 2. The van der Waals surface area contributed by atoms with E-state index >= 15 is 0 Å². The smallest absolute Gasteiger partial charge is 0.00725 e. The van der Waals surface area contributed by atoms with Gasteiger partial charge in [-0.1, -0.05) is 19.1 Å². The van der Waals surface area contributed by atoms with Crippen molar-refractivity contribution in [2.24, 2.45) is 11.8 Å². The molecule has 0 bridgehead atoms. The Kier molecular flexibility index (Phi) is 3.80. The zero-order valence-electron chi connectivity index (χ0n) is 8.51. The van der Waals surface area contributed by atoms with Gasteiger partial charge in [-0.15, -0.1) is 0 Å². The van der Waals surface area contributed by atoms with E-state index in [0.29, 0.717) is 6.04 Å². The van der Waals surface area contributed by atoms with Crippen LogP contribution in [-0.2, 0) is 0 Å². The van der Waals surface area contributed by atoms with Crippen LogP contribution in [0, 0.1) is 11.8 Å². The molecule has 0 aromatic carbocycles. The lowest BCUT2D eigenvalue weighted by Crippen LogP contribution is -2.41. The maximum absolute atomic E-state index is 3.54. The van der Waals surface area contributed by atoms with Crippen LogP contribution in [0.3, 0.4) is 0 Å². The summed E-state index contributed by atoms with van der Waals surface area (Å²) in [7, 11) is 0. The van der Waals surface area contributed by atoms with E-state index in [4.69, 9.17) is 0 Å². The first kappa shape index (κ1) is 9.79. The molecule has 1 saturated heterocycles. The molecule has 0 amide bonds. The van der Waals surface area contributed by atoms with Gasteiger partial charge in [0.2, 0.25) is 0 Å². The van der Waals surface area contributed by atoms with Crippen molar-refractivity contribution in [3.05, 3.63) is 12.2 Å². The second-order valence-electron chi connectivity index (χ2n) is 3.93. The fourth-order valence-corrected chi connectivity index (χ4v) is 2.23. The van der Waals surface area contributed by atoms with Gasteiger partial charge in [0.1, 0.15) is 0 Å². The molecule has 1 heteroatoms. The molecule has 12 heavy (non-hydrogen) atoms. The number of piperidine rings is 1. The summed E-state index contributed by atoms with van der Waals surface area (Å²) in [6.07, 6.45) is 7.23. The molecule has 1 heterocycles. The summed E-state index contributed by atoms with van der Waals surface area (Å²) in [5.41, 5.74) is 0. The third-order valence-electron chi connectivity index (χ3n) is 2.99. The normalized spacial score (nSPS) is 33.9. The molecular formula is C11H21N. The summed E-state index contributed by atoms with van der Waals surface area (Å²) in [5.74, 6) is 1.58. The van der Waals surface area contributed by atoms with E-state index in [9.17, 15) is 0 Å². The van der Waals surface area contributed by atoms with Crippen LogP contribution >= 0.6 is 0 Å². The van der Waals surface area contributed by atoms with Gasteiger partial charge >= 0.3 is 0 Å². The molecule has 70 valence electrons. The van der Waals surface area contributed by atoms with Crippen LogP contribution in [0.2, 0.25) is 0 Å². The minimum absolute atomic E-state index is 0.699. The highest BCUT2D eigenvalue weighted by Gasteiger charge is 2.24. The molecule has 1 aliphatic rings. The molecule has 1 nitrogen and oxygen atoms in total. The Balaban J connectivity index is 2.47. The van der Waals surface area contributed by atoms with E-state index < -0.39 is 0 Å². The maximum atomic E-state index is 3.54. The molecule has 1 N–H and O–H groups in total. The Hall–Kier alpha value is -0.300. The van der Waals surface area contributed by atoms with Crippen molar-refractivity contribution in [1.82, 2.24) is 5.32 Å². The van der Waals surface area contributed by atoms with Crippen LogP contribution in [0.4, 0.5) is 0 Å². The summed E-state index contributed by atoms with van der Waals surface area (Å²) in [5, 5.41) is 3.54. The summed E-state index contributed by atoms with van der Waals surface area (Å²) >= 11 is 0. The van der Waals surface area contributed by atoms with E-state index in [0.717, 1.165) is 11.8 Å². The van der Waals surface area contributed by atoms with Crippen LogP contribution in [0.25, 0.3) is 0 Å². The van der Waals surface area contributed by atoms with Crippen molar-refractivity contribution in [2.75, 3.05) is 6.54 Å². The highest BCUT2D eigenvalue weighted by atomic mass is 14.9. The summed E-state index contributed by atoms with van der Waals surface area (Å²) in [6.45, 7) is 7.95. The van der Waals surface area contributed by atoms with Crippen molar-refractivity contribution in [3.8, 4) is 0 Å². The van der Waals surface area contributed by atoms with Crippen molar-refractivity contribution < 1.29 is 0 Å². The highest BCUT2D eigenvalue weighted by Crippen LogP contribution is 2.25. The summed E-state index contributed by atoms with van der Waals surface area (Å²) < 4.78 is 0. The van der Waals surface area contributed by atoms with E-state index in [-0.39, 0.29) is 0 Å². The van der Waals surface area contributed by atoms with Crippen LogP contribution < -0.4 is 5.32 Å². The molecule has 3 atom stereocenters. The van der Waals surface area contributed by atoms with Crippen LogP contribution in [0.5, 0.6) is 0 Å². The second-order valence-corrected chi connectivity index (χ2v) is 3.93. The van der Waals surface area contributed by atoms with Gasteiger partial charge in [-0.05, 0) is 45.1 Å². The fourth-order valence-electron chi connectivity index (χ4n) is 2.23. The molecule has 1 rings (SSSR count). The Labute approximate surface area is 76.2 Å². The third-order valence-corrected chi connectivity index (χ3v) is 2.99. The highest BCUT2D eigenvalue weighted by molar-refractivity contribution is 4.92. The topological polar surface area (TPSA) is 12.0 Å². The number of nitrogens with one attached hydrogen (secondary N) is 1. The third kappa shape index (κ3) is 2.34. The molecule has 0 aromatic heterocycles. The molecule has 0 spiro atoms. The van der Waals surface area contributed by atoms with Crippen molar-refractivity contribution in [1.29, 1.82) is 0 Å². The molecule has 2 unspecified atom stereocenters. The first-order valence-corrected chi connectivity index (χ1v) is 5.12. The zero-order valence-corrected chi connectivity index (χ0v) is 8.51. The van der Waals surface area contributed by atoms with E-state index in [1.165, 1.54) is 19.4 Å². The lowest BCUT2D eigenvalue weighted by molar-refractivity contribution is 0.248. The van der Waals surface area contributed by atoms with Gasteiger partial charge in [-0.2, -0.15) is 0 Å². The first-order chi connectivity index (χ1) is 5.75. The summed E-state index contributed by atoms with van der Waals surface area (Å²) in [4.78, 5) is 0. The lowest BCUT2D eigenvalue weighted by Gasteiger charge is -2.33. The molecule has 1 aliphatic heterocycles. The predicted molar refractivity (Wildman–Crippen MR) is 54.2 cm³/mol. The average Bonchev–Trinajstić information content (AvgIpc) is 2.05. The lowest BCUT2D eigenvalue weighted by atomic mass is 9.82. The van der Waals surface area contributed by atoms with E-state index in [1.807, 2.05) is 0 Å². The molecule has 0 radical (unpaired) electrons. The predicted octanol–water partition coefficient (Wildman–Crippen LogP) is 2.59. The average molecular weight is 167 g/mol. The van der Waals surface area contributed by atoms with Gasteiger partial charge in [0.25, 0.3) is 0 Å². The van der Waals surface area contributed by atoms with Crippen molar-refractivity contribution >= 4 is 0 Å². The monoisotopic (exact) mass is 167 g/mol. The van der Waals surface area contributed by atoms with Gasteiger partial charge in [0.15, 0.2) is 0 Å². The van der Waals surface area contributed by atoms with Gasteiger partial charge in [-0.25, -0.2) is 0 Å². The second kappa shape index (κ2) is 4.66. The standard InChI is InChI=1S/C11H21N/c1-4-6-9(2)11-7-5-8-12-10(11)3/h4,6,9-12H,5,7-8H2,1-3H3/b6-4-/t9?,10-,11?/m0/s1. The molecule has 1 fully saturated rings. The number of rotatable bonds is 2. The van der Waals surface area contributed by atoms with Gasteiger partial charge < -0.3 is 5.32 Å². The van der Waals surface area contributed by atoms with Crippen LogP contribution in [0.1, 0.15) is 33.6 Å². The SMILES string of the molecule is C/C=C\C(C)C1CCCN[C@H]1C. The van der Waals surface area contributed by atoms with Gasteiger partial charge in [0.05, 0.1) is 0 Å². The Morgan fingerprint density at radius 1 is 1.50 bits per heavy atom. The van der Waals surface area contributed by atoms with Crippen LogP contribution in [0.15, 0.2) is 12.2 Å². The van der Waals surface area contributed by atoms with Crippen LogP contribution in [-0.4, -0.2) is 12.6 Å². The first-order valence-electron chi connectivity index (χ1n) is 5.12. The van der Waals surface area contributed by atoms with E-state index in [2.05, 4.69) is 38.2 Å². The number of hydrogen-bond acceptors (Lipinski definition) is 1. The number of hydrogen-bond donors (Lipinski definition) is 1. The summed E-state index contributed by atoms with van der Waals surface area (Å²) in [6, 6.07) is 0.699. The zero-order chi connectivity index (χ0) is 8.97. The molecule has 0 saturated carbocycles. The Morgan fingerprint density at radius 3 is 2.83 bits per heavy atom. The van der Waals surface area contributed by atoms with E-state index in [1.54, 1.807) is 0 Å². The van der Waals surface area contributed by atoms with Gasteiger partial charge in [0, 0.05) is 6.04 Å². The fraction of sp³-hybridized carbons (Fsp3) is 0.818. The van der Waals surface area contributed by atoms with Crippen molar-refractivity contribution in [3.63, 3.8) is 0 Å². The Bertz CT molecular complexity index is 151. The molecular weight excluding hydrogens is 146 g/mol. The maximum Gasteiger partial charge on any atom is 0.00725 e. The Morgan fingerprint density at radius 2 is 2.25 bits per heavy atom. The quantitative estimate of drug-likeness (QED) is 0.623. The largest absolute Gasteiger partial charge is 0.314 e. The van der Waals surface area contributed by atoms with Gasteiger partial charge in [-0.3, -0.25) is 0 Å². The minimum Gasteiger partial charge on any atom is -0.314 e. The minimum atomic E-state index is 0.699.